The average Bonchev–Trinajstić information content (AvgIpc) is 2.73. The molecule has 2 aromatic carbocycles. The minimum absolute atomic E-state index is 0. The second-order valence-electron chi connectivity index (χ2n) is 6.88. The summed E-state index contributed by atoms with van der Waals surface area (Å²) in [5.74, 6) is 2.95. The van der Waals surface area contributed by atoms with Crippen LogP contribution in [0, 0.1) is 0 Å². The molecule has 0 unspecified atom stereocenters. The van der Waals surface area contributed by atoms with Gasteiger partial charge in [0.15, 0.2) is 17.5 Å². The van der Waals surface area contributed by atoms with Gasteiger partial charge >= 0.3 is 0 Å². The Morgan fingerprint density at radius 2 is 1.77 bits per heavy atom. The molecule has 0 fully saturated rings. The van der Waals surface area contributed by atoms with Gasteiger partial charge in [-0.3, -0.25) is 0 Å². The van der Waals surface area contributed by atoms with Gasteiger partial charge in [-0.1, -0.05) is 18.2 Å². The first kappa shape index (κ1) is 26.8. The molecule has 2 rings (SSSR count). The number of para-hydroxylation sites is 1. The third-order valence-electron chi connectivity index (χ3n) is 4.25. The number of nitrogens with zero attached hydrogens (tertiary/aromatic N) is 2. The summed E-state index contributed by atoms with van der Waals surface area (Å²) < 4.78 is 17.0. The fourth-order valence-electron chi connectivity index (χ4n) is 2.74. The van der Waals surface area contributed by atoms with E-state index in [4.69, 9.17) is 19.2 Å². The Bertz CT molecular complexity index is 815. The van der Waals surface area contributed by atoms with Crippen molar-refractivity contribution in [3.05, 3.63) is 48.0 Å². The molecule has 0 aliphatic carbocycles. The molecule has 0 heterocycles. The maximum atomic E-state index is 5.94. The van der Waals surface area contributed by atoms with Crippen LogP contribution in [-0.4, -0.2) is 58.4 Å². The van der Waals surface area contributed by atoms with Crippen LogP contribution in [0.25, 0.3) is 0 Å². The van der Waals surface area contributed by atoms with E-state index < -0.39 is 0 Å². The van der Waals surface area contributed by atoms with E-state index in [0.717, 1.165) is 30.1 Å². The summed E-state index contributed by atoms with van der Waals surface area (Å²) in [7, 11) is 5.70. The molecule has 0 spiro atoms. The smallest absolute Gasteiger partial charge is 0.196 e. The van der Waals surface area contributed by atoms with Crippen molar-refractivity contribution in [3.63, 3.8) is 0 Å². The van der Waals surface area contributed by atoms with Gasteiger partial charge in [0, 0.05) is 30.4 Å². The van der Waals surface area contributed by atoms with E-state index in [-0.39, 0.29) is 24.0 Å². The van der Waals surface area contributed by atoms with Crippen molar-refractivity contribution >= 4 is 35.6 Å². The number of methoxy groups -OCH3 is 1. The third-order valence-corrected chi connectivity index (χ3v) is 4.25. The van der Waals surface area contributed by atoms with Gasteiger partial charge in [-0.25, -0.2) is 4.99 Å². The predicted molar refractivity (Wildman–Crippen MR) is 139 cm³/mol. The number of hydrogen-bond acceptors (Lipinski definition) is 5. The molecule has 0 aliphatic heterocycles. The van der Waals surface area contributed by atoms with Gasteiger partial charge in [0.05, 0.1) is 20.3 Å². The van der Waals surface area contributed by atoms with Crippen molar-refractivity contribution in [1.29, 1.82) is 0 Å². The number of aliphatic imine (C=N–C) groups is 1. The van der Waals surface area contributed by atoms with Crippen LogP contribution in [0.2, 0.25) is 0 Å². The number of rotatable bonds is 11. The minimum Gasteiger partial charge on any atom is -0.493 e. The number of guanidine groups is 1. The van der Waals surface area contributed by atoms with Crippen LogP contribution in [0.5, 0.6) is 17.2 Å². The Labute approximate surface area is 203 Å². The Morgan fingerprint density at radius 1 is 1.00 bits per heavy atom. The van der Waals surface area contributed by atoms with E-state index in [2.05, 4.69) is 15.5 Å². The molecule has 31 heavy (non-hydrogen) atoms. The number of nitrogens with one attached hydrogen (secondary N) is 2. The number of likely N-dealkylation sites (N-methyl/N-ethyl adjacent to an activating group) is 1. The van der Waals surface area contributed by atoms with Crippen LogP contribution in [0.3, 0.4) is 0 Å². The maximum absolute atomic E-state index is 5.94. The van der Waals surface area contributed by atoms with Gasteiger partial charge in [-0.2, -0.15) is 0 Å². The van der Waals surface area contributed by atoms with Crippen molar-refractivity contribution in [2.75, 3.05) is 52.8 Å². The lowest BCUT2D eigenvalue weighted by Crippen LogP contribution is -2.30. The molecular formula is C23H35IN4O3. The van der Waals surface area contributed by atoms with Gasteiger partial charge < -0.3 is 29.7 Å². The summed E-state index contributed by atoms with van der Waals surface area (Å²) in [6.07, 6.45) is 0. The highest BCUT2D eigenvalue weighted by molar-refractivity contribution is 14.0. The fourth-order valence-corrected chi connectivity index (χ4v) is 2.74. The molecule has 2 aromatic rings. The van der Waals surface area contributed by atoms with Crippen molar-refractivity contribution in [1.82, 2.24) is 10.2 Å². The number of hydrogen-bond donors (Lipinski definition) is 2. The van der Waals surface area contributed by atoms with Crippen molar-refractivity contribution in [3.8, 4) is 17.2 Å². The van der Waals surface area contributed by atoms with E-state index in [0.29, 0.717) is 37.2 Å². The third kappa shape index (κ3) is 9.22. The molecule has 172 valence electrons. The van der Waals surface area contributed by atoms with Crippen LogP contribution in [0.4, 0.5) is 5.69 Å². The molecule has 0 radical (unpaired) electrons. The fraction of sp³-hybridized carbons (Fsp3) is 0.435. The quantitative estimate of drug-likeness (QED) is 0.252. The zero-order valence-corrected chi connectivity index (χ0v) is 21.4. The second-order valence-corrected chi connectivity index (χ2v) is 6.88. The van der Waals surface area contributed by atoms with Crippen molar-refractivity contribution in [2.24, 2.45) is 4.99 Å². The van der Waals surface area contributed by atoms with E-state index in [1.807, 2.05) is 70.4 Å². The van der Waals surface area contributed by atoms with Gasteiger partial charge in [0.25, 0.3) is 0 Å². The molecule has 2 N–H and O–H groups in total. The summed E-state index contributed by atoms with van der Waals surface area (Å²) in [5, 5.41) is 6.61. The zero-order valence-electron chi connectivity index (χ0n) is 19.1. The Balaban J connectivity index is 0.00000480. The summed E-state index contributed by atoms with van der Waals surface area (Å²) >= 11 is 0. The molecule has 0 saturated carbocycles. The monoisotopic (exact) mass is 542 g/mol. The summed E-state index contributed by atoms with van der Waals surface area (Å²) in [5.41, 5.74) is 1.91. The summed E-state index contributed by atoms with van der Waals surface area (Å²) in [6, 6.07) is 13.7. The molecule has 8 heteroatoms. The zero-order chi connectivity index (χ0) is 21.8. The number of anilines is 1. The van der Waals surface area contributed by atoms with Crippen LogP contribution >= 0.6 is 24.0 Å². The van der Waals surface area contributed by atoms with E-state index >= 15 is 0 Å². The molecule has 7 nitrogen and oxygen atoms in total. The van der Waals surface area contributed by atoms with Crippen LogP contribution < -0.4 is 24.8 Å². The molecule has 0 bridgehead atoms. The van der Waals surface area contributed by atoms with Gasteiger partial charge in [0.1, 0.15) is 12.4 Å². The Morgan fingerprint density at radius 3 is 2.45 bits per heavy atom. The highest BCUT2D eigenvalue weighted by Crippen LogP contribution is 2.30. The first-order valence-corrected chi connectivity index (χ1v) is 10.3. The molecule has 0 aliphatic rings. The first-order valence-electron chi connectivity index (χ1n) is 10.3. The topological polar surface area (TPSA) is 67.4 Å². The maximum Gasteiger partial charge on any atom is 0.196 e. The largest absolute Gasteiger partial charge is 0.493 e. The van der Waals surface area contributed by atoms with Crippen LogP contribution in [-0.2, 0) is 6.54 Å². The molecule has 0 atom stereocenters. The standard InChI is InChI=1S/C23H34N4O3.HI/c1-6-24-23(26-19-12-13-21(28-5)22(16-19)29-7-2)25-17-18-10-8-9-11-20(18)30-15-14-27(3)4;/h8-13,16H,6-7,14-15,17H2,1-5H3,(H2,24,25,26);1H. The van der Waals surface area contributed by atoms with Gasteiger partial charge in [-0.05, 0) is 46.1 Å². The number of ether oxygens (including phenoxy) is 3. The van der Waals surface area contributed by atoms with Gasteiger partial charge in [-0.15, -0.1) is 24.0 Å². The predicted octanol–water partition coefficient (Wildman–Crippen LogP) is 4.23. The lowest BCUT2D eigenvalue weighted by Gasteiger charge is -2.15. The number of benzene rings is 2. The second kappa shape index (κ2) is 14.7. The van der Waals surface area contributed by atoms with Crippen molar-refractivity contribution in [2.45, 2.75) is 20.4 Å². The summed E-state index contributed by atoms with van der Waals surface area (Å²) in [6.45, 7) is 7.31. The Hall–Kier alpha value is -2.20. The van der Waals surface area contributed by atoms with E-state index in [1.54, 1.807) is 7.11 Å². The first-order chi connectivity index (χ1) is 14.6. The minimum atomic E-state index is 0. The molecule has 0 saturated heterocycles. The highest BCUT2D eigenvalue weighted by Gasteiger charge is 2.08. The lowest BCUT2D eigenvalue weighted by molar-refractivity contribution is 0.259. The van der Waals surface area contributed by atoms with Crippen LogP contribution in [0.1, 0.15) is 19.4 Å². The SMILES string of the molecule is CCNC(=NCc1ccccc1OCCN(C)C)Nc1ccc(OC)c(OCC)c1.I. The number of halogens is 1. The molecular weight excluding hydrogens is 507 g/mol. The highest BCUT2D eigenvalue weighted by atomic mass is 127. The average molecular weight is 542 g/mol. The van der Waals surface area contributed by atoms with Gasteiger partial charge in [0.2, 0.25) is 0 Å². The van der Waals surface area contributed by atoms with Crippen molar-refractivity contribution < 1.29 is 14.2 Å². The lowest BCUT2D eigenvalue weighted by atomic mass is 10.2. The van der Waals surface area contributed by atoms with E-state index in [9.17, 15) is 0 Å². The summed E-state index contributed by atoms with van der Waals surface area (Å²) in [4.78, 5) is 6.83. The van der Waals surface area contributed by atoms with E-state index in [1.165, 1.54) is 0 Å². The molecule has 0 aromatic heterocycles. The normalized spacial score (nSPS) is 11.0. The van der Waals surface area contributed by atoms with Crippen LogP contribution in [0.15, 0.2) is 47.5 Å². The Kier molecular flexibility index (Phi) is 12.8. The molecule has 0 amide bonds.